The van der Waals surface area contributed by atoms with Crippen molar-refractivity contribution < 1.29 is 9.59 Å². The third-order valence-corrected chi connectivity index (χ3v) is 2.84. The molecule has 0 aromatic heterocycles. The Morgan fingerprint density at radius 1 is 1.12 bits per heavy atom. The number of hydrogen-bond acceptors (Lipinski definition) is 2. The summed E-state index contributed by atoms with van der Waals surface area (Å²) in [5.74, 6) is -0.259. The lowest BCUT2D eigenvalue weighted by atomic mass is 10.2. The summed E-state index contributed by atoms with van der Waals surface area (Å²) < 4.78 is 0.918. The molecule has 0 heterocycles. The second-order valence-corrected chi connectivity index (χ2v) is 4.87. The van der Waals surface area contributed by atoms with Crippen LogP contribution in [-0.2, 0) is 4.79 Å². The molecule has 1 aromatic carbocycles. The SMILES string of the molecule is CN(C)C(=O)CN(C)C(=O)c1ccc(Br)cc1. The molecule has 0 radical (unpaired) electrons. The van der Waals surface area contributed by atoms with Gasteiger partial charge in [-0.1, -0.05) is 15.9 Å². The van der Waals surface area contributed by atoms with Crippen molar-refractivity contribution in [3.8, 4) is 0 Å². The van der Waals surface area contributed by atoms with E-state index in [0.717, 1.165) is 4.47 Å². The first kappa shape index (κ1) is 13.7. The predicted octanol–water partition coefficient (Wildman–Crippen LogP) is 1.61. The lowest BCUT2D eigenvalue weighted by molar-refractivity contribution is -0.129. The fraction of sp³-hybridized carbons (Fsp3) is 0.333. The highest BCUT2D eigenvalue weighted by Gasteiger charge is 2.15. The monoisotopic (exact) mass is 298 g/mol. The Labute approximate surface area is 109 Å². The van der Waals surface area contributed by atoms with Gasteiger partial charge >= 0.3 is 0 Å². The highest BCUT2D eigenvalue weighted by molar-refractivity contribution is 9.10. The van der Waals surface area contributed by atoms with Gasteiger partial charge in [-0.05, 0) is 24.3 Å². The van der Waals surface area contributed by atoms with E-state index in [1.807, 2.05) is 0 Å². The lowest BCUT2D eigenvalue weighted by Crippen LogP contribution is -2.37. The largest absolute Gasteiger partial charge is 0.347 e. The maximum atomic E-state index is 12.0. The van der Waals surface area contributed by atoms with Crippen molar-refractivity contribution in [2.45, 2.75) is 0 Å². The number of hydrogen-bond donors (Lipinski definition) is 0. The molecular formula is C12H15BrN2O2. The van der Waals surface area contributed by atoms with Crippen molar-refractivity contribution >= 4 is 27.7 Å². The van der Waals surface area contributed by atoms with E-state index in [2.05, 4.69) is 15.9 Å². The van der Waals surface area contributed by atoms with Gasteiger partial charge in [0.15, 0.2) is 0 Å². The van der Waals surface area contributed by atoms with Crippen molar-refractivity contribution in [3.05, 3.63) is 34.3 Å². The molecule has 2 amide bonds. The molecule has 0 saturated carbocycles. The van der Waals surface area contributed by atoms with Crippen LogP contribution in [-0.4, -0.2) is 49.3 Å². The van der Waals surface area contributed by atoms with Gasteiger partial charge in [-0.15, -0.1) is 0 Å². The second kappa shape index (κ2) is 5.82. The maximum absolute atomic E-state index is 12.0. The first-order valence-corrected chi connectivity index (χ1v) is 5.92. The number of benzene rings is 1. The van der Waals surface area contributed by atoms with E-state index in [1.165, 1.54) is 9.80 Å². The van der Waals surface area contributed by atoms with E-state index in [1.54, 1.807) is 45.4 Å². The first-order chi connectivity index (χ1) is 7.91. The number of halogens is 1. The van der Waals surface area contributed by atoms with Gasteiger partial charge in [0.2, 0.25) is 5.91 Å². The smallest absolute Gasteiger partial charge is 0.254 e. The van der Waals surface area contributed by atoms with Crippen molar-refractivity contribution in [1.82, 2.24) is 9.80 Å². The van der Waals surface area contributed by atoms with Gasteiger partial charge < -0.3 is 9.80 Å². The van der Waals surface area contributed by atoms with Crippen LogP contribution >= 0.6 is 15.9 Å². The van der Waals surface area contributed by atoms with Gasteiger partial charge in [0.25, 0.3) is 5.91 Å². The molecule has 4 nitrogen and oxygen atoms in total. The van der Waals surface area contributed by atoms with Crippen LogP contribution < -0.4 is 0 Å². The zero-order valence-corrected chi connectivity index (χ0v) is 11.7. The first-order valence-electron chi connectivity index (χ1n) is 5.13. The predicted molar refractivity (Wildman–Crippen MR) is 69.8 cm³/mol. The van der Waals surface area contributed by atoms with Gasteiger partial charge in [0.1, 0.15) is 0 Å². The summed E-state index contributed by atoms with van der Waals surface area (Å²) in [5, 5.41) is 0. The number of amides is 2. The molecule has 0 N–H and O–H groups in total. The Hall–Kier alpha value is -1.36. The Morgan fingerprint density at radius 2 is 1.65 bits per heavy atom. The average molecular weight is 299 g/mol. The van der Waals surface area contributed by atoms with Crippen LogP contribution in [0.4, 0.5) is 0 Å². The summed E-state index contributed by atoms with van der Waals surface area (Å²) in [6.45, 7) is 0.0852. The van der Waals surface area contributed by atoms with E-state index in [-0.39, 0.29) is 18.4 Å². The molecule has 0 saturated heterocycles. The van der Waals surface area contributed by atoms with Crippen LogP contribution in [0.3, 0.4) is 0 Å². The fourth-order valence-corrected chi connectivity index (χ4v) is 1.49. The van der Waals surface area contributed by atoms with Crippen molar-refractivity contribution in [3.63, 3.8) is 0 Å². The third kappa shape index (κ3) is 3.85. The highest BCUT2D eigenvalue weighted by atomic mass is 79.9. The number of rotatable bonds is 3. The molecule has 92 valence electrons. The van der Waals surface area contributed by atoms with E-state index >= 15 is 0 Å². The topological polar surface area (TPSA) is 40.6 Å². The summed E-state index contributed by atoms with van der Waals surface area (Å²) in [5.41, 5.74) is 0.572. The Kier molecular flexibility index (Phi) is 4.69. The van der Waals surface area contributed by atoms with E-state index < -0.39 is 0 Å². The number of carbonyl (C=O) groups is 2. The van der Waals surface area contributed by atoms with Crippen LogP contribution in [0.15, 0.2) is 28.7 Å². The zero-order valence-electron chi connectivity index (χ0n) is 10.1. The second-order valence-electron chi connectivity index (χ2n) is 3.96. The minimum absolute atomic E-state index is 0.0852. The summed E-state index contributed by atoms with van der Waals surface area (Å²) in [7, 11) is 4.95. The Bertz CT molecular complexity index is 415. The quantitative estimate of drug-likeness (QED) is 0.851. The molecule has 0 aliphatic heterocycles. The van der Waals surface area contributed by atoms with Crippen LogP contribution in [0.2, 0.25) is 0 Å². The standard InChI is InChI=1S/C12H15BrN2O2/c1-14(2)11(16)8-15(3)12(17)9-4-6-10(13)7-5-9/h4-7H,8H2,1-3H3. The molecule has 0 spiro atoms. The van der Waals surface area contributed by atoms with E-state index in [0.29, 0.717) is 5.56 Å². The third-order valence-electron chi connectivity index (χ3n) is 2.31. The van der Waals surface area contributed by atoms with Gasteiger partial charge in [0, 0.05) is 31.2 Å². The Morgan fingerprint density at radius 3 is 2.12 bits per heavy atom. The molecule has 1 aromatic rings. The van der Waals surface area contributed by atoms with Crippen LogP contribution in [0.5, 0.6) is 0 Å². The molecule has 17 heavy (non-hydrogen) atoms. The fourth-order valence-electron chi connectivity index (χ4n) is 1.23. The molecule has 0 bridgehead atoms. The molecule has 1 rings (SSSR count). The summed E-state index contributed by atoms with van der Waals surface area (Å²) in [6, 6.07) is 7.05. The zero-order chi connectivity index (χ0) is 13.0. The molecule has 0 aliphatic carbocycles. The molecule has 0 fully saturated rings. The van der Waals surface area contributed by atoms with Crippen LogP contribution in [0, 0.1) is 0 Å². The Balaban J connectivity index is 2.70. The minimum Gasteiger partial charge on any atom is -0.347 e. The molecular weight excluding hydrogens is 284 g/mol. The van der Waals surface area contributed by atoms with Crippen molar-refractivity contribution in [2.24, 2.45) is 0 Å². The van der Waals surface area contributed by atoms with E-state index in [4.69, 9.17) is 0 Å². The average Bonchev–Trinajstić information content (AvgIpc) is 2.28. The molecule has 0 unspecified atom stereocenters. The minimum atomic E-state index is -0.160. The van der Waals surface area contributed by atoms with Crippen molar-refractivity contribution in [2.75, 3.05) is 27.7 Å². The van der Waals surface area contributed by atoms with Gasteiger partial charge in [-0.25, -0.2) is 0 Å². The normalized spacial score (nSPS) is 9.88. The summed E-state index contributed by atoms with van der Waals surface area (Å²) in [4.78, 5) is 26.3. The van der Waals surface area contributed by atoms with Crippen molar-refractivity contribution in [1.29, 1.82) is 0 Å². The van der Waals surface area contributed by atoms with Gasteiger partial charge in [-0.2, -0.15) is 0 Å². The maximum Gasteiger partial charge on any atom is 0.254 e. The molecule has 0 atom stereocenters. The molecule has 5 heteroatoms. The van der Waals surface area contributed by atoms with Gasteiger partial charge in [-0.3, -0.25) is 9.59 Å². The highest BCUT2D eigenvalue weighted by Crippen LogP contribution is 2.11. The van der Waals surface area contributed by atoms with Crippen LogP contribution in [0.1, 0.15) is 10.4 Å². The summed E-state index contributed by atoms with van der Waals surface area (Å²) in [6.07, 6.45) is 0. The summed E-state index contributed by atoms with van der Waals surface area (Å²) >= 11 is 3.31. The number of nitrogens with zero attached hydrogens (tertiary/aromatic N) is 2. The number of likely N-dealkylation sites (N-methyl/N-ethyl adjacent to an activating group) is 2. The van der Waals surface area contributed by atoms with Crippen LogP contribution in [0.25, 0.3) is 0 Å². The lowest BCUT2D eigenvalue weighted by Gasteiger charge is -2.19. The van der Waals surface area contributed by atoms with Gasteiger partial charge in [0.05, 0.1) is 6.54 Å². The molecule has 0 aliphatic rings. The van der Waals surface area contributed by atoms with E-state index in [9.17, 15) is 9.59 Å². The number of carbonyl (C=O) groups excluding carboxylic acids is 2.